The van der Waals surface area contributed by atoms with Crippen LogP contribution in [-0.4, -0.2) is 29.5 Å². The van der Waals surface area contributed by atoms with Gasteiger partial charge in [-0.1, -0.05) is 255 Å². The zero-order valence-electron chi connectivity index (χ0n) is 52.6. The molecule has 464 valence electrons. The molecule has 0 spiro atoms. The summed E-state index contributed by atoms with van der Waals surface area (Å²) in [4.78, 5) is 23.8. The van der Waals surface area contributed by atoms with Crippen LogP contribution in [0.2, 0.25) is 5.28 Å². The van der Waals surface area contributed by atoms with Crippen molar-refractivity contribution in [3.63, 3.8) is 0 Å². The number of benzene rings is 14. The third kappa shape index (κ3) is 9.40. The third-order valence-electron chi connectivity index (χ3n) is 19.2. The quantitative estimate of drug-likeness (QED) is 0.174. The minimum Gasteiger partial charge on any atom is -0.354 e. The largest absolute Gasteiger partial charge is 0.354 e. The van der Waals surface area contributed by atoms with E-state index in [-0.39, 0.29) is 5.28 Å². The fourth-order valence-electron chi connectivity index (χ4n) is 14.9. The molecular formula is C88H51ClN6S4. The van der Waals surface area contributed by atoms with E-state index in [0.29, 0.717) is 5.95 Å². The number of H-pyrrole nitrogens is 1. The van der Waals surface area contributed by atoms with Gasteiger partial charge in [0.1, 0.15) is 0 Å². The van der Waals surface area contributed by atoms with E-state index in [1.807, 2.05) is 53.0 Å². The van der Waals surface area contributed by atoms with Gasteiger partial charge < -0.3 is 4.98 Å². The van der Waals surface area contributed by atoms with Crippen molar-refractivity contribution in [2.45, 2.75) is 0 Å². The molecule has 0 radical (unpaired) electrons. The predicted molar refractivity (Wildman–Crippen MR) is 428 cm³/mol. The topological polar surface area (TPSA) is 72.3 Å². The number of hydrogen-bond acceptors (Lipinski definition) is 8. The highest BCUT2D eigenvalue weighted by atomic mass is 35.5. The van der Waals surface area contributed by atoms with Crippen molar-refractivity contribution in [3.8, 4) is 50.7 Å². The molecule has 0 bridgehead atoms. The Bertz CT molecular complexity index is 6910. The van der Waals surface area contributed by atoms with Crippen molar-refractivity contribution >= 4 is 203 Å². The number of rotatable bonds is 5. The zero-order valence-corrected chi connectivity index (χ0v) is 56.6. The molecule has 0 fully saturated rings. The molecule has 0 amide bonds. The molecule has 6 nitrogen and oxygen atoms in total. The first-order chi connectivity index (χ1) is 49.0. The number of nitrogens with one attached hydrogen (secondary N) is 1. The monoisotopic (exact) mass is 1350 g/mol. The van der Waals surface area contributed by atoms with Crippen molar-refractivity contribution in [1.82, 2.24) is 29.5 Å². The van der Waals surface area contributed by atoms with Gasteiger partial charge in [-0.2, -0.15) is 0 Å². The van der Waals surface area contributed by atoms with Crippen molar-refractivity contribution in [1.29, 1.82) is 0 Å². The summed E-state index contributed by atoms with van der Waals surface area (Å²) in [6.07, 6.45) is 0. The van der Waals surface area contributed by atoms with Gasteiger partial charge in [0.05, 0.1) is 48.4 Å². The van der Waals surface area contributed by atoms with Crippen molar-refractivity contribution < 1.29 is 0 Å². The fraction of sp³-hybridized carbons (Fsp3) is 0. The Balaban J connectivity index is 0.000000111. The van der Waals surface area contributed by atoms with Crippen LogP contribution in [0.25, 0.3) is 197 Å². The smallest absolute Gasteiger partial charge is 0.235 e. The summed E-state index contributed by atoms with van der Waals surface area (Å²) in [5.74, 6) is 0.686. The average molecular weight is 1360 g/mol. The van der Waals surface area contributed by atoms with Crippen LogP contribution in [-0.2, 0) is 0 Å². The standard InChI is InChI=1S/C44H25N3S2.C22H13ClN2S.C22H13NS/c1-2-13-26(14-3-1)27-15-12-16-28(25-27)39-43-40(33-21-8-11-24-36(33)49-43)46-44(45-39)47-34-22-9-6-19-31(34)37-38-32-20-7-10-23-35(32)48-42(38)30-18-5-4-17-29(30)41(37)47;23-22-24-19(21-20(25-22)17-11-4-5-12-18(17)26-21)16-10-6-9-15(13-16)14-7-2-1-3-8-14;1-2-8-14-13(7-1)21-19(15-9-3-5-11-17(15)23-21)20-16-10-4-6-12-18(16)24-22(14)20/h1-25H;1-13H;1-12,23H. The highest BCUT2D eigenvalue weighted by Gasteiger charge is 2.26. The summed E-state index contributed by atoms with van der Waals surface area (Å²) < 4.78 is 12.3. The molecule has 0 aliphatic carbocycles. The SMILES string of the molecule is Clc1nc(-c2cccc(-c3ccccc3)c2)c2sc3ccccc3c2n1.c1ccc(-c2cccc(-c3nc(-n4c5ccccc5c5c6c7ccccc7sc6c6ccccc6c54)nc4c3sc3ccccc34)c2)cc1.c1ccc2c(c1)[nH]c1c3ccccc3c3sc4ccccc4c3c21. The first kappa shape index (κ1) is 57.7. The number of halogens is 1. The van der Waals surface area contributed by atoms with Crippen LogP contribution in [0.15, 0.2) is 303 Å². The van der Waals surface area contributed by atoms with E-state index in [1.165, 1.54) is 121 Å². The van der Waals surface area contributed by atoms with E-state index in [1.54, 1.807) is 22.7 Å². The van der Waals surface area contributed by atoms with Gasteiger partial charge in [-0.15, -0.1) is 45.3 Å². The Kier molecular flexibility index (Phi) is 13.6. The second kappa shape index (κ2) is 23.4. The lowest BCUT2D eigenvalue weighted by Crippen LogP contribution is -2.03. The van der Waals surface area contributed by atoms with Crippen molar-refractivity contribution in [2.75, 3.05) is 0 Å². The summed E-state index contributed by atoms with van der Waals surface area (Å²) in [6, 6.07) is 108. The number of nitrogens with zero attached hydrogens (tertiary/aromatic N) is 5. The van der Waals surface area contributed by atoms with Crippen LogP contribution in [0.3, 0.4) is 0 Å². The number of para-hydroxylation sites is 2. The Hall–Kier alpha value is -11.5. The van der Waals surface area contributed by atoms with Gasteiger partial charge in [0.2, 0.25) is 11.2 Å². The van der Waals surface area contributed by atoms with Crippen LogP contribution in [0.1, 0.15) is 0 Å². The van der Waals surface area contributed by atoms with E-state index in [2.05, 4.69) is 293 Å². The number of aromatic amines is 1. The predicted octanol–water partition coefficient (Wildman–Crippen LogP) is 26.5. The molecule has 22 rings (SSSR count). The molecule has 8 aromatic heterocycles. The Labute approximate surface area is 587 Å². The van der Waals surface area contributed by atoms with E-state index in [9.17, 15) is 0 Å². The lowest BCUT2D eigenvalue weighted by atomic mass is 10.00. The average Bonchev–Trinajstić information content (AvgIpc) is 1.55. The molecule has 0 aliphatic heterocycles. The zero-order chi connectivity index (χ0) is 65.2. The van der Waals surface area contributed by atoms with Crippen LogP contribution >= 0.6 is 56.9 Å². The molecule has 22 aromatic rings. The van der Waals surface area contributed by atoms with Crippen molar-refractivity contribution in [2.24, 2.45) is 0 Å². The maximum absolute atomic E-state index is 6.27. The Morgan fingerprint density at radius 1 is 0.283 bits per heavy atom. The number of hydrogen-bond donors (Lipinski definition) is 1. The van der Waals surface area contributed by atoms with Crippen LogP contribution in [0.4, 0.5) is 0 Å². The molecule has 8 heterocycles. The normalized spacial score (nSPS) is 11.9. The number of fused-ring (bicyclic) bond motifs is 26. The first-order valence-electron chi connectivity index (χ1n) is 32.9. The van der Waals surface area contributed by atoms with E-state index in [4.69, 9.17) is 21.6 Å². The summed E-state index contributed by atoms with van der Waals surface area (Å²) in [7, 11) is 0. The lowest BCUT2D eigenvalue weighted by Gasteiger charge is -2.12. The summed E-state index contributed by atoms with van der Waals surface area (Å²) in [5, 5.41) is 18.2. The van der Waals surface area contributed by atoms with Crippen LogP contribution < -0.4 is 0 Å². The Morgan fingerprint density at radius 2 is 0.687 bits per heavy atom. The van der Waals surface area contributed by atoms with Gasteiger partial charge >= 0.3 is 0 Å². The minimum atomic E-state index is 0.279. The summed E-state index contributed by atoms with van der Waals surface area (Å²) in [5.41, 5.74) is 15.3. The second-order valence-corrected chi connectivity index (χ2v) is 29.4. The van der Waals surface area contributed by atoms with Crippen molar-refractivity contribution in [3.05, 3.63) is 309 Å². The highest BCUT2D eigenvalue weighted by Crippen LogP contribution is 2.50. The molecule has 1 N–H and O–H groups in total. The second-order valence-electron chi connectivity index (χ2n) is 24.9. The van der Waals surface area contributed by atoms with Gasteiger partial charge in [-0.3, -0.25) is 4.57 Å². The first-order valence-corrected chi connectivity index (χ1v) is 36.5. The maximum atomic E-state index is 6.27. The highest BCUT2D eigenvalue weighted by molar-refractivity contribution is 7.28. The lowest BCUT2D eigenvalue weighted by molar-refractivity contribution is 1.02. The molecule has 14 aromatic carbocycles. The summed E-state index contributed by atoms with van der Waals surface area (Å²) >= 11 is 13.5. The molecule has 0 atom stereocenters. The molecule has 0 saturated carbocycles. The van der Waals surface area contributed by atoms with E-state index < -0.39 is 0 Å². The van der Waals surface area contributed by atoms with Gasteiger partial charge in [0, 0.05) is 120 Å². The number of aromatic nitrogens is 6. The molecule has 0 saturated heterocycles. The maximum Gasteiger partial charge on any atom is 0.235 e. The van der Waals surface area contributed by atoms with Crippen LogP contribution in [0.5, 0.6) is 0 Å². The molecule has 0 unspecified atom stereocenters. The minimum absolute atomic E-state index is 0.279. The molecule has 11 heteroatoms. The Morgan fingerprint density at radius 3 is 1.27 bits per heavy atom. The molecular weight excluding hydrogens is 1300 g/mol. The van der Waals surface area contributed by atoms with Gasteiger partial charge in [-0.05, 0) is 82.4 Å². The third-order valence-corrected chi connectivity index (χ3v) is 24.1. The van der Waals surface area contributed by atoms with E-state index in [0.717, 1.165) is 70.3 Å². The van der Waals surface area contributed by atoms with Crippen LogP contribution in [0, 0.1) is 0 Å². The van der Waals surface area contributed by atoms with Gasteiger partial charge in [0.25, 0.3) is 0 Å². The van der Waals surface area contributed by atoms with Gasteiger partial charge in [0.15, 0.2) is 0 Å². The molecule has 0 aliphatic rings. The summed E-state index contributed by atoms with van der Waals surface area (Å²) in [6.45, 7) is 0. The molecule has 99 heavy (non-hydrogen) atoms. The van der Waals surface area contributed by atoms with E-state index >= 15 is 0 Å². The fourth-order valence-corrected chi connectivity index (χ4v) is 19.9. The van der Waals surface area contributed by atoms with Gasteiger partial charge in [-0.25, -0.2) is 19.9 Å². The number of thiophene rings is 4.